The highest BCUT2D eigenvalue weighted by Gasteiger charge is 2.45. The lowest BCUT2D eigenvalue weighted by Crippen LogP contribution is -2.26. The number of hydroxylamine groups is 4. The maximum atomic E-state index is 12.3. The van der Waals surface area contributed by atoms with Gasteiger partial charge in [0.2, 0.25) is 0 Å². The van der Waals surface area contributed by atoms with Crippen molar-refractivity contribution in [2.24, 2.45) is 0 Å². The molecule has 1 heterocycles. The van der Waals surface area contributed by atoms with Crippen LogP contribution in [-0.2, 0) is 25.7 Å². The summed E-state index contributed by atoms with van der Waals surface area (Å²) in [5.74, 6) is -1.13. The number of unbranched alkanes of at least 4 members (excludes halogenated alkanes) is 3. The molecule has 0 bridgehead atoms. The fraction of sp³-hybridized carbons (Fsp3) is 0.500. The van der Waals surface area contributed by atoms with Crippen LogP contribution in [-0.4, -0.2) is 36.2 Å². The standard InChI is InChI=1S/C20H28N2O4/c1-5-7-8-9-14-17(16-13-11-10-12-15(16)6-2)18-21(25-3)19(23)20(24)22(18)26-4/h10-13H,5-9,14H2,1-4H3. The van der Waals surface area contributed by atoms with Crippen LogP contribution < -0.4 is 0 Å². The van der Waals surface area contributed by atoms with Gasteiger partial charge in [-0.15, -0.1) is 0 Å². The minimum atomic E-state index is -0.746. The van der Waals surface area contributed by atoms with Gasteiger partial charge in [-0.3, -0.25) is 19.3 Å². The summed E-state index contributed by atoms with van der Waals surface area (Å²) in [6.45, 7) is 4.25. The first kappa shape index (κ1) is 20.1. The molecule has 0 aromatic heterocycles. The average molecular weight is 360 g/mol. The van der Waals surface area contributed by atoms with E-state index in [0.29, 0.717) is 5.82 Å². The average Bonchev–Trinajstić information content (AvgIpc) is 2.91. The Morgan fingerprint density at radius 2 is 1.54 bits per heavy atom. The van der Waals surface area contributed by atoms with Gasteiger partial charge >= 0.3 is 11.8 Å². The second kappa shape index (κ2) is 9.50. The van der Waals surface area contributed by atoms with E-state index >= 15 is 0 Å². The minimum absolute atomic E-state index is 0.363. The number of carbonyl (C=O) groups is 2. The zero-order valence-corrected chi connectivity index (χ0v) is 16.1. The molecule has 26 heavy (non-hydrogen) atoms. The Hall–Kier alpha value is -2.18. The monoisotopic (exact) mass is 360 g/mol. The lowest BCUT2D eigenvalue weighted by Gasteiger charge is -2.23. The predicted octanol–water partition coefficient (Wildman–Crippen LogP) is 3.68. The van der Waals surface area contributed by atoms with Crippen molar-refractivity contribution in [3.05, 3.63) is 41.2 Å². The molecule has 0 saturated carbocycles. The first-order valence-electron chi connectivity index (χ1n) is 9.18. The topological polar surface area (TPSA) is 59.1 Å². The molecule has 0 spiro atoms. The van der Waals surface area contributed by atoms with Crippen molar-refractivity contribution >= 4 is 17.4 Å². The second-order valence-corrected chi connectivity index (χ2v) is 6.19. The van der Waals surface area contributed by atoms with Crippen LogP contribution in [0.3, 0.4) is 0 Å². The third-order valence-electron chi connectivity index (χ3n) is 4.58. The Bertz CT molecular complexity index is 660. The molecule has 1 aliphatic heterocycles. The van der Waals surface area contributed by atoms with Crippen molar-refractivity contribution in [1.82, 2.24) is 10.1 Å². The molecule has 0 radical (unpaired) electrons. The lowest BCUT2D eigenvalue weighted by molar-refractivity contribution is -0.164. The number of amides is 2. The van der Waals surface area contributed by atoms with Gasteiger partial charge in [0.1, 0.15) is 0 Å². The number of carbonyl (C=O) groups excluding carboxylic acids is 2. The van der Waals surface area contributed by atoms with E-state index < -0.39 is 11.8 Å². The normalized spacial score (nSPS) is 14.5. The van der Waals surface area contributed by atoms with E-state index in [2.05, 4.69) is 19.9 Å². The highest BCUT2D eigenvalue weighted by molar-refractivity contribution is 6.37. The van der Waals surface area contributed by atoms with E-state index in [9.17, 15) is 9.59 Å². The molecular formula is C20H28N2O4. The summed E-state index contributed by atoms with van der Waals surface area (Å²) >= 11 is 0. The summed E-state index contributed by atoms with van der Waals surface area (Å²) in [7, 11) is 2.76. The van der Waals surface area contributed by atoms with Crippen molar-refractivity contribution in [3.63, 3.8) is 0 Å². The largest absolute Gasteiger partial charge is 0.344 e. The Balaban J connectivity index is 2.58. The molecule has 6 nitrogen and oxygen atoms in total. The van der Waals surface area contributed by atoms with E-state index in [0.717, 1.165) is 65.4 Å². The molecule has 6 heteroatoms. The van der Waals surface area contributed by atoms with Crippen LogP contribution >= 0.6 is 0 Å². The van der Waals surface area contributed by atoms with Gasteiger partial charge in [-0.2, -0.15) is 10.1 Å². The number of rotatable bonds is 9. The van der Waals surface area contributed by atoms with Crippen molar-refractivity contribution in [1.29, 1.82) is 0 Å². The number of benzene rings is 1. The maximum Gasteiger partial charge on any atom is 0.344 e. The van der Waals surface area contributed by atoms with Crippen molar-refractivity contribution in [3.8, 4) is 0 Å². The van der Waals surface area contributed by atoms with Crippen LogP contribution in [0.15, 0.2) is 30.1 Å². The van der Waals surface area contributed by atoms with Gasteiger partial charge in [0.15, 0.2) is 5.82 Å². The zero-order valence-electron chi connectivity index (χ0n) is 16.1. The van der Waals surface area contributed by atoms with Crippen LogP contribution in [0.5, 0.6) is 0 Å². The molecule has 1 saturated heterocycles. The molecule has 142 valence electrons. The van der Waals surface area contributed by atoms with E-state index in [1.165, 1.54) is 14.2 Å². The first-order valence-corrected chi connectivity index (χ1v) is 9.18. The summed E-state index contributed by atoms with van der Waals surface area (Å²) in [4.78, 5) is 35.0. The Morgan fingerprint density at radius 1 is 0.923 bits per heavy atom. The molecule has 2 rings (SSSR count). The molecule has 1 fully saturated rings. The first-order chi connectivity index (χ1) is 12.6. The van der Waals surface area contributed by atoms with E-state index in [4.69, 9.17) is 9.68 Å². The highest BCUT2D eigenvalue weighted by Crippen LogP contribution is 2.34. The van der Waals surface area contributed by atoms with E-state index in [1.54, 1.807) is 0 Å². The smallest absolute Gasteiger partial charge is 0.267 e. The van der Waals surface area contributed by atoms with Crippen LogP contribution in [0.25, 0.3) is 5.57 Å². The van der Waals surface area contributed by atoms with Crippen molar-refractivity contribution in [2.75, 3.05) is 14.2 Å². The van der Waals surface area contributed by atoms with Gasteiger partial charge in [-0.25, -0.2) is 0 Å². The molecule has 1 aromatic rings. The Morgan fingerprint density at radius 3 is 2.08 bits per heavy atom. The van der Waals surface area contributed by atoms with Crippen LogP contribution in [0.1, 0.15) is 57.1 Å². The number of hydrogen-bond acceptors (Lipinski definition) is 4. The summed E-state index contributed by atoms with van der Waals surface area (Å²) < 4.78 is 0. The van der Waals surface area contributed by atoms with Gasteiger partial charge in [0.05, 0.1) is 14.2 Å². The van der Waals surface area contributed by atoms with Crippen molar-refractivity contribution < 1.29 is 19.3 Å². The number of allylic oxidation sites excluding steroid dienone is 1. The van der Waals surface area contributed by atoms with Crippen LogP contribution in [0.4, 0.5) is 0 Å². The molecule has 0 unspecified atom stereocenters. The molecule has 0 aliphatic carbocycles. The van der Waals surface area contributed by atoms with Gasteiger partial charge in [0.25, 0.3) is 0 Å². The molecule has 0 atom stereocenters. The molecule has 1 aromatic carbocycles. The zero-order chi connectivity index (χ0) is 19.1. The third kappa shape index (κ3) is 3.97. The Labute approximate surface area is 155 Å². The van der Waals surface area contributed by atoms with E-state index in [1.807, 2.05) is 18.2 Å². The van der Waals surface area contributed by atoms with Gasteiger partial charge in [0, 0.05) is 5.57 Å². The number of aryl methyl sites for hydroxylation is 1. The Kier molecular flexibility index (Phi) is 7.36. The van der Waals surface area contributed by atoms with Gasteiger partial charge in [-0.1, -0.05) is 57.4 Å². The molecular weight excluding hydrogens is 332 g/mol. The molecule has 1 aliphatic rings. The molecule has 0 N–H and O–H groups in total. The van der Waals surface area contributed by atoms with Crippen LogP contribution in [0.2, 0.25) is 0 Å². The van der Waals surface area contributed by atoms with Crippen LogP contribution in [0, 0.1) is 0 Å². The predicted molar refractivity (Wildman–Crippen MR) is 99.2 cm³/mol. The second-order valence-electron chi connectivity index (χ2n) is 6.19. The highest BCUT2D eigenvalue weighted by atomic mass is 16.7. The van der Waals surface area contributed by atoms with Gasteiger partial charge in [-0.05, 0) is 30.4 Å². The molecule has 2 amide bonds. The fourth-order valence-corrected chi connectivity index (χ4v) is 3.25. The fourth-order valence-electron chi connectivity index (χ4n) is 3.25. The summed E-state index contributed by atoms with van der Waals surface area (Å²) in [5, 5.41) is 2.07. The summed E-state index contributed by atoms with van der Waals surface area (Å²) in [6, 6.07) is 8.05. The third-order valence-corrected chi connectivity index (χ3v) is 4.58. The maximum absolute atomic E-state index is 12.3. The SMILES string of the molecule is CCCCCCC(=C1N(OC)C(=O)C(=O)N1OC)c1ccccc1CC. The van der Waals surface area contributed by atoms with E-state index in [-0.39, 0.29) is 0 Å². The summed E-state index contributed by atoms with van der Waals surface area (Å²) in [5.41, 5.74) is 3.07. The quantitative estimate of drug-likeness (QED) is 0.498. The van der Waals surface area contributed by atoms with Gasteiger partial charge < -0.3 is 0 Å². The minimum Gasteiger partial charge on any atom is -0.267 e. The lowest BCUT2D eigenvalue weighted by atomic mass is 9.93. The number of hydrogen-bond donors (Lipinski definition) is 0. The van der Waals surface area contributed by atoms with Crippen molar-refractivity contribution in [2.45, 2.75) is 52.4 Å². The number of nitrogens with zero attached hydrogens (tertiary/aromatic N) is 2. The summed E-state index contributed by atoms with van der Waals surface area (Å²) in [6.07, 6.45) is 5.92.